The molecule has 2 aromatic rings. The van der Waals surface area contributed by atoms with E-state index in [2.05, 4.69) is 40.0 Å². The lowest BCUT2D eigenvalue weighted by molar-refractivity contribution is 0.0955. The van der Waals surface area contributed by atoms with Gasteiger partial charge in [0.2, 0.25) is 0 Å². The average Bonchev–Trinajstić information content (AvgIpc) is 2.47. The molecule has 0 saturated carbocycles. The molecule has 2 aromatic carbocycles. The Morgan fingerprint density at radius 3 is 2.70 bits per heavy atom. The summed E-state index contributed by atoms with van der Waals surface area (Å²) in [4.78, 5) is 13.3. The molecular weight excluding hydrogens is 405 g/mol. The summed E-state index contributed by atoms with van der Waals surface area (Å²) in [6, 6.07) is 15.5. The van der Waals surface area contributed by atoms with Crippen LogP contribution in [-0.2, 0) is 0 Å². The first kappa shape index (κ1) is 15.7. The molecular formula is C15H13ClINOS. The van der Waals surface area contributed by atoms with E-state index in [1.54, 1.807) is 23.9 Å². The molecule has 0 aliphatic heterocycles. The molecule has 0 aliphatic carbocycles. The monoisotopic (exact) mass is 417 g/mol. The molecule has 0 unspecified atom stereocenters. The first-order valence-electron chi connectivity index (χ1n) is 6.08. The summed E-state index contributed by atoms with van der Waals surface area (Å²) < 4.78 is 0.903. The highest BCUT2D eigenvalue weighted by Crippen LogP contribution is 2.18. The third-order valence-corrected chi connectivity index (χ3v) is 4.76. The number of thioether (sulfide) groups is 1. The molecule has 2 nitrogen and oxygen atoms in total. The number of rotatable bonds is 5. The van der Waals surface area contributed by atoms with Gasteiger partial charge in [0.1, 0.15) is 0 Å². The van der Waals surface area contributed by atoms with E-state index >= 15 is 0 Å². The highest BCUT2D eigenvalue weighted by atomic mass is 127. The molecule has 0 saturated heterocycles. The summed E-state index contributed by atoms with van der Waals surface area (Å²) >= 11 is 9.78. The lowest BCUT2D eigenvalue weighted by atomic mass is 10.2. The zero-order chi connectivity index (χ0) is 14.4. The van der Waals surface area contributed by atoms with Crippen LogP contribution in [0.25, 0.3) is 0 Å². The Hall–Kier alpha value is -0.720. The second-order valence-electron chi connectivity index (χ2n) is 4.04. The molecule has 5 heteroatoms. The molecule has 104 valence electrons. The van der Waals surface area contributed by atoms with Crippen molar-refractivity contribution < 1.29 is 4.79 Å². The van der Waals surface area contributed by atoms with Gasteiger partial charge in [-0.3, -0.25) is 4.79 Å². The van der Waals surface area contributed by atoms with Gasteiger partial charge in [0.15, 0.2) is 0 Å². The van der Waals surface area contributed by atoms with Gasteiger partial charge in [0.25, 0.3) is 5.91 Å². The molecule has 0 aliphatic rings. The van der Waals surface area contributed by atoms with Crippen LogP contribution in [0.5, 0.6) is 0 Å². The van der Waals surface area contributed by atoms with Crippen molar-refractivity contribution >= 4 is 51.9 Å². The normalized spacial score (nSPS) is 10.3. The zero-order valence-electron chi connectivity index (χ0n) is 10.6. The van der Waals surface area contributed by atoms with Crippen LogP contribution in [0.3, 0.4) is 0 Å². The number of carbonyl (C=O) groups excluding carboxylic acids is 1. The van der Waals surface area contributed by atoms with Crippen molar-refractivity contribution in [2.75, 3.05) is 12.3 Å². The van der Waals surface area contributed by atoms with Gasteiger partial charge in [-0.05, 0) is 52.9 Å². The second kappa shape index (κ2) is 7.90. The molecule has 1 N–H and O–H groups in total. The lowest BCUT2D eigenvalue weighted by Gasteiger charge is -2.07. The molecule has 0 aromatic heterocycles. The number of hydrogen-bond donors (Lipinski definition) is 1. The summed E-state index contributed by atoms with van der Waals surface area (Å²) in [5.74, 6) is 0.762. The minimum absolute atomic E-state index is 0.0782. The minimum atomic E-state index is -0.0782. The van der Waals surface area contributed by atoms with Crippen molar-refractivity contribution in [1.82, 2.24) is 5.32 Å². The van der Waals surface area contributed by atoms with E-state index in [-0.39, 0.29) is 5.91 Å². The van der Waals surface area contributed by atoms with Crippen LogP contribution < -0.4 is 5.32 Å². The molecule has 20 heavy (non-hydrogen) atoms. The van der Waals surface area contributed by atoms with Crippen LogP contribution in [0.1, 0.15) is 10.4 Å². The number of hydrogen-bond acceptors (Lipinski definition) is 2. The van der Waals surface area contributed by atoms with Gasteiger partial charge < -0.3 is 5.32 Å². The number of amides is 1. The topological polar surface area (TPSA) is 29.1 Å². The van der Waals surface area contributed by atoms with Crippen molar-refractivity contribution in [3.8, 4) is 0 Å². The van der Waals surface area contributed by atoms with Crippen LogP contribution in [-0.4, -0.2) is 18.2 Å². The SMILES string of the molecule is O=C(NCCSc1ccccc1)c1cc(Cl)ccc1I. The van der Waals surface area contributed by atoms with E-state index in [1.807, 2.05) is 24.3 Å². The summed E-state index contributed by atoms with van der Waals surface area (Å²) in [5, 5.41) is 3.49. The van der Waals surface area contributed by atoms with Crippen molar-refractivity contribution in [3.05, 3.63) is 62.7 Å². The summed E-state index contributed by atoms with van der Waals surface area (Å²) in [6.45, 7) is 0.626. The van der Waals surface area contributed by atoms with Crippen LogP contribution in [0.15, 0.2) is 53.4 Å². The van der Waals surface area contributed by atoms with E-state index in [9.17, 15) is 4.79 Å². The summed E-state index contributed by atoms with van der Waals surface area (Å²) in [6.07, 6.45) is 0. The Kier molecular flexibility index (Phi) is 6.19. The Labute approximate surface area is 141 Å². The van der Waals surface area contributed by atoms with Gasteiger partial charge in [-0.25, -0.2) is 0 Å². The molecule has 0 spiro atoms. The Balaban J connectivity index is 1.82. The second-order valence-corrected chi connectivity index (χ2v) is 6.81. The third kappa shape index (κ3) is 4.68. The predicted molar refractivity (Wildman–Crippen MR) is 93.7 cm³/mol. The summed E-state index contributed by atoms with van der Waals surface area (Å²) in [7, 11) is 0. The Bertz CT molecular complexity index is 592. The van der Waals surface area contributed by atoms with Crippen LogP contribution in [0, 0.1) is 3.57 Å². The molecule has 0 fully saturated rings. The maximum atomic E-state index is 12.0. The molecule has 0 heterocycles. The van der Waals surface area contributed by atoms with E-state index in [0.29, 0.717) is 17.1 Å². The fourth-order valence-electron chi connectivity index (χ4n) is 1.62. The number of halogens is 2. The molecule has 0 atom stereocenters. The maximum absolute atomic E-state index is 12.0. The van der Waals surface area contributed by atoms with Gasteiger partial charge >= 0.3 is 0 Å². The van der Waals surface area contributed by atoms with E-state index < -0.39 is 0 Å². The number of nitrogens with one attached hydrogen (secondary N) is 1. The fraction of sp³-hybridized carbons (Fsp3) is 0.133. The van der Waals surface area contributed by atoms with E-state index in [4.69, 9.17) is 11.6 Å². The first-order chi connectivity index (χ1) is 9.66. The predicted octanol–water partition coefficient (Wildman–Crippen LogP) is 4.47. The van der Waals surface area contributed by atoms with Crippen molar-refractivity contribution in [3.63, 3.8) is 0 Å². The third-order valence-electron chi connectivity index (χ3n) is 2.57. The maximum Gasteiger partial charge on any atom is 0.252 e. The fourth-order valence-corrected chi connectivity index (χ4v) is 3.16. The van der Waals surface area contributed by atoms with Crippen molar-refractivity contribution in [1.29, 1.82) is 0 Å². The van der Waals surface area contributed by atoms with Crippen molar-refractivity contribution in [2.24, 2.45) is 0 Å². The highest BCUT2D eigenvalue weighted by molar-refractivity contribution is 14.1. The standard InChI is InChI=1S/C15H13ClINOS/c16-11-6-7-14(17)13(10-11)15(19)18-8-9-20-12-4-2-1-3-5-12/h1-7,10H,8-9H2,(H,18,19). The first-order valence-corrected chi connectivity index (χ1v) is 8.52. The number of benzene rings is 2. The quantitative estimate of drug-likeness (QED) is 0.442. The minimum Gasteiger partial charge on any atom is -0.351 e. The molecule has 0 bridgehead atoms. The number of carbonyl (C=O) groups is 1. The van der Waals surface area contributed by atoms with E-state index in [0.717, 1.165) is 9.32 Å². The Morgan fingerprint density at radius 1 is 1.20 bits per heavy atom. The van der Waals surface area contributed by atoms with Gasteiger partial charge in [0.05, 0.1) is 5.56 Å². The highest BCUT2D eigenvalue weighted by Gasteiger charge is 2.09. The molecule has 2 rings (SSSR count). The largest absolute Gasteiger partial charge is 0.351 e. The summed E-state index contributed by atoms with van der Waals surface area (Å²) in [5.41, 5.74) is 0.628. The lowest BCUT2D eigenvalue weighted by Crippen LogP contribution is -2.26. The van der Waals surface area contributed by atoms with Gasteiger partial charge in [-0.15, -0.1) is 11.8 Å². The van der Waals surface area contributed by atoms with Gasteiger partial charge in [0, 0.05) is 25.8 Å². The molecule has 0 radical (unpaired) electrons. The van der Waals surface area contributed by atoms with Crippen LogP contribution in [0.4, 0.5) is 0 Å². The van der Waals surface area contributed by atoms with Crippen LogP contribution >= 0.6 is 46.0 Å². The smallest absolute Gasteiger partial charge is 0.252 e. The molecule has 1 amide bonds. The van der Waals surface area contributed by atoms with Gasteiger partial charge in [-0.1, -0.05) is 29.8 Å². The zero-order valence-corrected chi connectivity index (χ0v) is 14.3. The Morgan fingerprint density at radius 2 is 1.95 bits per heavy atom. The van der Waals surface area contributed by atoms with Gasteiger partial charge in [-0.2, -0.15) is 0 Å². The van der Waals surface area contributed by atoms with Crippen LogP contribution in [0.2, 0.25) is 5.02 Å². The average molecular weight is 418 g/mol. The van der Waals surface area contributed by atoms with Crippen molar-refractivity contribution in [2.45, 2.75) is 4.90 Å². The van der Waals surface area contributed by atoms with E-state index in [1.165, 1.54) is 4.90 Å².